The van der Waals surface area contributed by atoms with Gasteiger partial charge in [0.15, 0.2) is 0 Å². The van der Waals surface area contributed by atoms with Crippen LogP contribution >= 0.6 is 0 Å². The van der Waals surface area contributed by atoms with Crippen LogP contribution in [0.5, 0.6) is 17.2 Å². The molecule has 1 heterocycles. The topological polar surface area (TPSA) is 55.8 Å². The van der Waals surface area contributed by atoms with E-state index in [4.69, 9.17) is 14.6 Å². The van der Waals surface area contributed by atoms with Gasteiger partial charge in [0.2, 0.25) is 6.10 Å². The molecular formula is C18H14F3NaO4. The second-order valence-electron chi connectivity index (χ2n) is 5.51. The Labute approximate surface area is 169 Å². The third-order valence-electron chi connectivity index (χ3n) is 3.69. The van der Waals surface area contributed by atoms with Gasteiger partial charge in [0.1, 0.15) is 17.2 Å². The Balaban J connectivity index is 0.00000243. The molecule has 0 spiro atoms. The van der Waals surface area contributed by atoms with E-state index in [1.807, 2.05) is 19.1 Å². The zero-order valence-electron chi connectivity index (χ0n) is 13.0. The molecule has 0 bridgehead atoms. The number of alkyl halides is 3. The van der Waals surface area contributed by atoms with Gasteiger partial charge in [-0.3, -0.25) is 0 Å². The van der Waals surface area contributed by atoms with Crippen molar-refractivity contribution in [3.05, 3.63) is 59.2 Å². The van der Waals surface area contributed by atoms with E-state index in [1.165, 1.54) is 12.1 Å². The fourth-order valence-corrected chi connectivity index (χ4v) is 2.45. The van der Waals surface area contributed by atoms with Crippen LogP contribution in [0.15, 0.2) is 48.0 Å². The van der Waals surface area contributed by atoms with Crippen LogP contribution in [0.3, 0.4) is 0 Å². The Hall–Kier alpha value is -1.96. The molecule has 1 unspecified atom stereocenters. The average molecular weight is 374 g/mol. The van der Waals surface area contributed by atoms with E-state index in [0.29, 0.717) is 11.5 Å². The average Bonchev–Trinajstić information content (AvgIpc) is 2.55. The number of hydrogen-bond donors (Lipinski definition) is 1. The number of aliphatic carboxylic acids is 1. The van der Waals surface area contributed by atoms with Gasteiger partial charge < -0.3 is 14.6 Å². The number of hydrogen-bond acceptors (Lipinski definition) is 3. The van der Waals surface area contributed by atoms with Crippen molar-refractivity contribution in [3.8, 4) is 17.2 Å². The van der Waals surface area contributed by atoms with Gasteiger partial charge in [-0.05, 0) is 36.8 Å². The molecule has 2 aromatic rings. The molecule has 0 aliphatic carbocycles. The summed E-state index contributed by atoms with van der Waals surface area (Å²) in [6, 6.07) is 11.5. The fraction of sp³-hybridized carbons (Fsp3) is 0.167. The van der Waals surface area contributed by atoms with Crippen molar-refractivity contribution < 1.29 is 32.5 Å². The minimum absolute atomic E-state index is 0. The molecule has 1 atom stereocenters. The summed E-state index contributed by atoms with van der Waals surface area (Å²) in [4.78, 5) is 11.1. The summed E-state index contributed by atoms with van der Waals surface area (Å²) in [6.45, 7) is 1.84. The molecule has 0 amide bonds. The third-order valence-corrected chi connectivity index (χ3v) is 3.69. The van der Waals surface area contributed by atoms with Crippen LogP contribution in [0.25, 0.3) is 6.08 Å². The summed E-state index contributed by atoms with van der Waals surface area (Å²) in [6.07, 6.45) is -6.39. The van der Waals surface area contributed by atoms with Crippen LogP contribution in [0.1, 0.15) is 11.1 Å². The first kappa shape index (κ1) is 20.4. The molecule has 3 rings (SSSR count). The summed E-state index contributed by atoms with van der Waals surface area (Å²) in [5.74, 6) is -0.903. The summed E-state index contributed by atoms with van der Waals surface area (Å²) in [5.41, 5.74) is 0.255. The Bertz CT molecular complexity index is 862. The zero-order chi connectivity index (χ0) is 18.2. The van der Waals surface area contributed by atoms with E-state index in [9.17, 15) is 18.0 Å². The maximum atomic E-state index is 13.1. The SMILES string of the molecule is Cc1ccccc1Oc1ccc2c(c1)OC(C(F)(F)F)C(C(=O)O)=C2.[NaH]. The first-order valence-corrected chi connectivity index (χ1v) is 7.31. The zero-order valence-corrected chi connectivity index (χ0v) is 13.0. The normalized spacial score (nSPS) is 15.8. The molecule has 2 aromatic carbocycles. The van der Waals surface area contributed by atoms with Crippen molar-refractivity contribution in [1.82, 2.24) is 0 Å². The van der Waals surface area contributed by atoms with Crippen LogP contribution in [0.2, 0.25) is 0 Å². The van der Waals surface area contributed by atoms with Crippen molar-refractivity contribution in [3.63, 3.8) is 0 Å². The van der Waals surface area contributed by atoms with Crippen molar-refractivity contribution >= 4 is 41.6 Å². The molecule has 1 aliphatic heterocycles. The van der Waals surface area contributed by atoms with Crippen LogP contribution < -0.4 is 9.47 Å². The molecule has 8 heteroatoms. The Morgan fingerprint density at radius 3 is 2.50 bits per heavy atom. The van der Waals surface area contributed by atoms with E-state index in [0.717, 1.165) is 11.6 Å². The number of benzene rings is 2. The third kappa shape index (κ3) is 4.23. The van der Waals surface area contributed by atoms with E-state index in [1.54, 1.807) is 18.2 Å². The number of rotatable bonds is 3. The monoisotopic (exact) mass is 374 g/mol. The van der Waals surface area contributed by atoms with Crippen LogP contribution in [0, 0.1) is 6.92 Å². The van der Waals surface area contributed by atoms with Crippen molar-refractivity contribution in [1.29, 1.82) is 0 Å². The van der Waals surface area contributed by atoms with E-state index in [-0.39, 0.29) is 40.9 Å². The minimum atomic E-state index is -4.84. The van der Waals surface area contributed by atoms with E-state index in [2.05, 4.69) is 0 Å². The number of aryl methyl sites for hydroxylation is 1. The second kappa shape index (κ2) is 7.73. The standard InChI is InChI=1S/C18H13F3O4.Na.H/c1-10-4-2-3-5-14(10)24-12-7-6-11-8-13(17(22)23)16(18(19,20)21)25-15(11)9-12;;/h2-9,16H,1H3,(H,22,23);;. The Morgan fingerprint density at radius 2 is 1.88 bits per heavy atom. The number of carboxylic acids is 1. The molecule has 26 heavy (non-hydrogen) atoms. The van der Waals surface area contributed by atoms with Gasteiger partial charge in [0, 0.05) is 11.6 Å². The van der Waals surface area contributed by atoms with Crippen LogP contribution in [-0.2, 0) is 4.79 Å². The predicted molar refractivity (Wildman–Crippen MR) is 90.9 cm³/mol. The van der Waals surface area contributed by atoms with Crippen LogP contribution in [0.4, 0.5) is 13.2 Å². The molecule has 0 saturated heterocycles. The Kier molecular flexibility index (Phi) is 6.05. The number of carboxylic acid groups (broad SMARTS) is 1. The van der Waals surface area contributed by atoms with Gasteiger partial charge in [0.05, 0.1) is 5.57 Å². The van der Waals surface area contributed by atoms with Gasteiger partial charge in [-0.2, -0.15) is 13.2 Å². The quantitative estimate of drug-likeness (QED) is 0.828. The van der Waals surface area contributed by atoms with Crippen molar-refractivity contribution in [2.45, 2.75) is 19.2 Å². The molecule has 0 saturated carbocycles. The van der Waals surface area contributed by atoms with Gasteiger partial charge in [-0.1, -0.05) is 18.2 Å². The molecule has 0 fully saturated rings. The fourth-order valence-electron chi connectivity index (χ4n) is 2.45. The van der Waals surface area contributed by atoms with Crippen molar-refractivity contribution in [2.24, 2.45) is 0 Å². The van der Waals surface area contributed by atoms with Crippen molar-refractivity contribution in [2.75, 3.05) is 0 Å². The number of para-hydroxylation sites is 1. The summed E-state index contributed by atoms with van der Waals surface area (Å²) in [5, 5.41) is 9.00. The van der Waals surface area contributed by atoms with Crippen LogP contribution in [-0.4, -0.2) is 52.9 Å². The summed E-state index contributed by atoms with van der Waals surface area (Å²) < 4.78 is 49.9. The van der Waals surface area contributed by atoms with Gasteiger partial charge in [0.25, 0.3) is 0 Å². The first-order valence-electron chi connectivity index (χ1n) is 7.31. The maximum absolute atomic E-state index is 13.1. The number of ether oxygens (including phenoxy) is 2. The molecule has 1 N–H and O–H groups in total. The molecule has 1 aliphatic rings. The molecule has 0 radical (unpaired) electrons. The molecule has 132 valence electrons. The molecule has 4 nitrogen and oxygen atoms in total. The number of halogens is 3. The number of carbonyl (C=O) groups is 1. The summed E-state index contributed by atoms with van der Waals surface area (Å²) >= 11 is 0. The predicted octanol–water partition coefficient (Wildman–Crippen LogP) is 3.93. The van der Waals surface area contributed by atoms with Gasteiger partial charge in [-0.25, -0.2) is 4.79 Å². The molecular weight excluding hydrogens is 360 g/mol. The Morgan fingerprint density at radius 1 is 1.19 bits per heavy atom. The van der Waals surface area contributed by atoms with E-state index < -0.39 is 23.8 Å². The first-order chi connectivity index (χ1) is 11.8. The molecule has 0 aromatic heterocycles. The van der Waals surface area contributed by atoms with E-state index >= 15 is 0 Å². The van der Waals surface area contributed by atoms with Gasteiger partial charge in [-0.15, -0.1) is 0 Å². The van der Waals surface area contributed by atoms with Gasteiger partial charge >= 0.3 is 41.7 Å². The second-order valence-corrected chi connectivity index (χ2v) is 5.51. The summed E-state index contributed by atoms with van der Waals surface area (Å²) in [7, 11) is 0. The number of fused-ring (bicyclic) bond motifs is 1.